The Morgan fingerprint density at radius 2 is 1.67 bits per heavy atom. The third-order valence-corrected chi connectivity index (χ3v) is 2.90. The number of esters is 1. The zero-order valence-corrected chi connectivity index (χ0v) is 13.6. The van der Waals surface area contributed by atoms with Crippen molar-refractivity contribution < 1.29 is 9.53 Å². The zero-order valence-electron chi connectivity index (χ0n) is 13.6. The van der Waals surface area contributed by atoms with Crippen molar-refractivity contribution in [1.82, 2.24) is 15.1 Å². The highest BCUT2D eigenvalue weighted by Crippen LogP contribution is 1.96. The molecule has 0 amide bonds. The van der Waals surface area contributed by atoms with Crippen LogP contribution in [0.4, 0.5) is 0 Å². The number of ether oxygens (including phenoxy) is 1. The molecular weight excluding hydrogens is 270 g/mol. The molecule has 0 radical (unpaired) electrons. The maximum Gasteiger partial charge on any atom is 0.321 e. The Balaban J connectivity index is 3.87. The van der Waals surface area contributed by atoms with E-state index in [1.165, 1.54) is 0 Å². The molecule has 0 fully saturated rings. The van der Waals surface area contributed by atoms with E-state index in [1.54, 1.807) is 0 Å². The summed E-state index contributed by atoms with van der Waals surface area (Å²) >= 11 is 0. The second-order valence-electron chi connectivity index (χ2n) is 5.39. The Kier molecular flexibility index (Phi) is 13.7. The molecule has 0 unspecified atom stereocenters. The quantitative estimate of drug-likeness (QED) is 0.216. The highest BCUT2D eigenvalue weighted by atomic mass is 16.5. The fourth-order valence-electron chi connectivity index (χ4n) is 1.79. The van der Waals surface area contributed by atoms with Crippen LogP contribution in [-0.2, 0) is 9.53 Å². The van der Waals surface area contributed by atoms with Crippen LogP contribution in [0.2, 0.25) is 0 Å². The average Bonchev–Trinajstić information content (AvgIpc) is 2.45. The fraction of sp³-hybridized carbons (Fsp3) is 0.929. The van der Waals surface area contributed by atoms with Crippen molar-refractivity contribution in [3.05, 3.63) is 0 Å². The van der Waals surface area contributed by atoms with Gasteiger partial charge in [0.25, 0.3) is 0 Å². The Morgan fingerprint density at radius 1 is 1.05 bits per heavy atom. The molecule has 0 heterocycles. The van der Waals surface area contributed by atoms with Crippen molar-refractivity contribution >= 4 is 5.97 Å². The largest absolute Gasteiger partial charge is 0.449 e. The van der Waals surface area contributed by atoms with Gasteiger partial charge in [-0.05, 0) is 72.6 Å². The van der Waals surface area contributed by atoms with Crippen molar-refractivity contribution in [1.29, 1.82) is 0 Å². The molecule has 21 heavy (non-hydrogen) atoms. The zero-order chi connectivity index (χ0) is 15.9. The van der Waals surface area contributed by atoms with E-state index < -0.39 is 0 Å². The summed E-state index contributed by atoms with van der Waals surface area (Å²) in [6.07, 6.45) is 2.88. The van der Waals surface area contributed by atoms with Gasteiger partial charge in [-0.25, -0.2) is 0 Å². The van der Waals surface area contributed by atoms with E-state index in [-0.39, 0.29) is 5.97 Å². The molecule has 0 aliphatic carbocycles. The lowest BCUT2D eigenvalue weighted by atomic mass is 10.3. The van der Waals surface area contributed by atoms with Gasteiger partial charge in [-0.3, -0.25) is 14.6 Å². The maximum absolute atomic E-state index is 11.7. The molecule has 0 aliphatic heterocycles. The SMILES string of the molecule is CN(C)COC(=O)CN(CCCN)CCCNCCCN. The number of hydrogen-bond acceptors (Lipinski definition) is 7. The van der Waals surface area contributed by atoms with Gasteiger partial charge in [0, 0.05) is 0 Å². The van der Waals surface area contributed by atoms with E-state index in [2.05, 4.69) is 10.2 Å². The molecule has 7 nitrogen and oxygen atoms in total. The third kappa shape index (κ3) is 14.0. The summed E-state index contributed by atoms with van der Waals surface area (Å²) in [6, 6.07) is 0. The van der Waals surface area contributed by atoms with E-state index in [1.807, 2.05) is 19.0 Å². The lowest BCUT2D eigenvalue weighted by Gasteiger charge is -2.21. The highest BCUT2D eigenvalue weighted by molar-refractivity contribution is 5.71. The van der Waals surface area contributed by atoms with Crippen molar-refractivity contribution in [2.75, 3.05) is 66.6 Å². The standard InChI is InChI=1S/C14H33N5O2/c1-18(2)13-21-14(20)12-19(10-4-7-16)11-5-9-17-8-3-6-15/h17H,3-13,15-16H2,1-2H3. The van der Waals surface area contributed by atoms with Crippen molar-refractivity contribution in [2.45, 2.75) is 19.3 Å². The fourth-order valence-corrected chi connectivity index (χ4v) is 1.79. The summed E-state index contributed by atoms with van der Waals surface area (Å²) < 4.78 is 5.16. The Hall–Kier alpha value is -0.730. The minimum Gasteiger partial charge on any atom is -0.449 e. The van der Waals surface area contributed by atoms with Gasteiger partial charge in [-0.1, -0.05) is 0 Å². The molecule has 126 valence electrons. The maximum atomic E-state index is 11.7. The van der Waals surface area contributed by atoms with Crippen LogP contribution in [0.15, 0.2) is 0 Å². The topological polar surface area (TPSA) is 96.8 Å². The molecule has 0 saturated carbocycles. The van der Waals surface area contributed by atoms with E-state index in [0.717, 1.165) is 45.4 Å². The average molecular weight is 303 g/mol. The molecule has 0 aliphatic rings. The first-order valence-electron chi connectivity index (χ1n) is 7.73. The van der Waals surface area contributed by atoms with Gasteiger partial charge in [0.05, 0.1) is 6.54 Å². The van der Waals surface area contributed by atoms with Gasteiger partial charge >= 0.3 is 5.97 Å². The lowest BCUT2D eigenvalue weighted by molar-refractivity contribution is -0.148. The van der Waals surface area contributed by atoms with Crippen LogP contribution in [0.1, 0.15) is 19.3 Å². The molecule has 0 aromatic rings. The third-order valence-electron chi connectivity index (χ3n) is 2.90. The minimum atomic E-state index is -0.184. The second-order valence-corrected chi connectivity index (χ2v) is 5.39. The van der Waals surface area contributed by atoms with E-state index in [9.17, 15) is 4.79 Å². The molecule has 5 N–H and O–H groups in total. The van der Waals surface area contributed by atoms with Crippen molar-refractivity contribution in [2.24, 2.45) is 11.5 Å². The monoisotopic (exact) mass is 303 g/mol. The number of nitrogens with two attached hydrogens (primary N) is 2. The molecule has 0 rings (SSSR count). The van der Waals surface area contributed by atoms with Gasteiger partial charge < -0.3 is 21.5 Å². The van der Waals surface area contributed by atoms with Crippen LogP contribution in [0.5, 0.6) is 0 Å². The molecular formula is C14H33N5O2. The minimum absolute atomic E-state index is 0.184. The molecule has 0 spiro atoms. The van der Waals surface area contributed by atoms with Gasteiger partial charge in [-0.2, -0.15) is 0 Å². The van der Waals surface area contributed by atoms with Crippen LogP contribution in [-0.4, -0.2) is 82.4 Å². The molecule has 0 aromatic heterocycles. The Labute approximate surface area is 129 Å². The van der Waals surface area contributed by atoms with Crippen LogP contribution < -0.4 is 16.8 Å². The van der Waals surface area contributed by atoms with E-state index in [0.29, 0.717) is 26.4 Å². The van der Waals surface area contributed by atoms with Crippen LogP contribution >= 0.6 is 0 Å². The number of hydrogen-bond donors (Lipinski definition) is 3. The van der Waals surface area contributed by atoms with Crippen LogP contribution in [0.25, 0.3) is 0 Å². The number of nitrogens with one attached hydrogen (secondary N) is 1. The number of carbonyl (C=O) groups is 1. The smallest absolute Gasteiger partial charge is 0.321 e. The number of rotatable bonds is 14. The summed E-state index contributed by atoms with van der Waals surface area (Å²) in [5, 5.41) is 3.34. The first-order valence-corrected chi connectivity index (χ1v) is 7.73. The number of carbonyl (C=O) groups excluding carboxylic acids is 1. The predicted octanol–water partition coefficient (Wildman–Crippen LogP) is -0.972. The first-order chi connectivity index (χ1) is 10.1. The summed E-state index contributed by atoms with van der Waals surface area (Å²) in [5.41, 5.74) is 11.0. The first kappa shape index (κ1) is 20.3. The molecule has 7 heteroatoms. The highest BCUT2D eigenvalue weighted by Gasteiger charge is 2.11. The Bertz CT molecular complexity index is 252. The lowest BCUT2D eigenvalue weighted by Crippen LogP contribution is -2.36. The van der Waals surface area contributed by atoms with Gasteiger partial charge in [0.1, 0.15) is 6.73 Å². The van der Waals surface area contributed by atoms with Gasteiger partial charge in [0.15, 0.2) is 0 Å². The summed E-state index contributed by atoms with van der Waals surface area (Å²) in [4.78, 5) is 15.7. The molecule has 0 atom stereocenters. The van der Waals surface area contributed by atoms with Crippen molar-refractivity contribution in [3.63, 3.8) is 0 Å². The summed E-state index contributed by atoms with van der Waals surface area (Å²) in [7, 11) is 3.74. The van der Waals surface area contributed by atoms with E-state index >= 15 is 0 Å². The van der Waals surface area contributed by atoms with Crippen LogP contribution in [0, 0.1) is 0 Å². The van der Waals surface area contributed by atoms with Crippen LogP contribution in [0.3, 0.4) is 0 Å². The summed E-state index contributed by atoms with van der Waals surface area (Å²) in [5.74, 6) is -0.184. The molecule has 0 bridgehead atoms. The second kappa shape index (κ2) is 14.2. The molecule has 0 saturated heterocycles. The predicted molar refractivity (Wildman–Crippen MR) is 85.9 cm³/mol. The van der Waals surface area contributed by atoms with E-state index in [4.69, 9.17) is 16.2 Å². The summed E-state index contributed by atoms with van der Waals surface area (Å²) in [6.45, 7) is 5.59. The Morgan fingerprint density at radius 3 is 2.29 bits per heavy atom. The van der Waals surface area contributed by atoms with Gasteiger partial charge in [0.2, 0.25) is 0 Å². The van der Waals surface area contributed by atoms with Crippen molar-refractivity contribution in [3.8, 4) is 0 Å². The molecule has 0 aromatic carbocycles. The van der Waals surface area contributed by atoms with Gasteiger partial charge in [-0.15, -0.1) is 0 Å². The normalized spacial score (nSPS) is 11.3. The number of nitrogens with zero attached hydrogens (tertiary/aromatic N) is 2.